The molecule has 0 bridgehead atoms. The molecule has 6 heteroatoms. The van der Waals surface area contributed by atoms with Crippen molar-refractivity contribution >= 4 is 35.6 Å². The number of nitrogen functional groups attached to an aromatic ring is 2. The van der Waals surface area contributed by atoms with E-state index in [0.29, 0.717) is 10.5 Å². The zero-order valence-electron chi connectivity index (χ0n) is 29.6. The average Bonchev–Trinajstić information content (AvgIpc) is 3.24. The highest BCUT2D eigenvalue weighted by Gasteiger charge is 2.10. The lowest BCUT2D eigenvalue weighted by molar-refractivity contribution is 0.426. The maximum Gasteiger partial charge on any atom is 0.488 e. The number of anilines is 2. The standard InChI is InChI=1S/C24H19N.C12H11BO2.C12H10ClN/c25-24-16-15-22(17-23(24)21-9-5-2-6-10-21)20-13-11-19(12-14-20)18-7-3-1-4-8-18;14-13(15)12-8-6-11(7-9-12)10-4-2-1-3-5-10;13-10-6-7-12(14)11(8-10)9-4-2-1-3-5-9/h1-17H,25H2;1-9,14-15H;1-8H,14H2. The maximum atomic E-state index is 8.94. The Morgan fingerprint density at radius 2 is 0.648 bits per heavy atom. The molecule has 264 valence electrons. The molecule has 0 aromatic heterocycles. The van der Waals surface area contributed by atoms with Gasteiger partial charge in [0.15, 0.2) is 0 Å². The lowest BCUT2D eigenvalue weighted by atomic mass is 9.80. The predicted octanol–water partition coefficient (Wildman–Crippen LogP) is 10.9. The predicted molar refractivity (Wildman–Crippen MR) is 230 cm³/mol. The quantitative estimate of drug-likeness (QED) is 0.102. The summed E-state index contributed by atoms with van der Waals surface area (Å²) in [5.74, 6) is 0. The molecule has 0 aliphatic heterocycles. The van der Waals surface area contributed by atoms with E-state index in [2.05, 4.69) is 72.8 Å². The van der Waals surface area contributed by atoms with Crippen molar-refractivity contribution in [3.8, 4) is 55.6 Å². The van der Waals surface area contributed by atoms with Gasteiger partial charge in [0.25, 0.3) is 0 Å². The first-order chi connectivity index (χ1) is 26.4. The molecular weight excluding hydrogens is 683 g/mol. The summed E-state index contributed by atoms with van der Waals surface area (Å²) in [4.78, 5) is 0. The summed E-state index contributed by atoms with van der Waals surface area (Å²) in [5.41, 5.74) is 25.4. The van der Waals surface area contributed by atoms with Gasteiger partial charge in [-0.25, -0.2) is 0 Å². The molecule has 0 aliphatic rings. The van der Waals surface area contributed by atoms with Crippen LogP contribution in [0.2, 0.25) is 5.02 Å². The molecule has 0 aliphatic carbocycles. The van der Waals surface area contributed by atoms with Crippen molar-refractivity contribution in [3.05, 3.63) is 211 Å². The Kier molecular flexibility index (Phi) is 12.7. The van der Waals surface area contributed by atoms with Gasteiger partial charge in [-0.1, -0.05) is 188 Å². The SMILES string of the molecule is Nc1ccc(-c2ccc(-c3ccccc3)cc2)cc1-c1ccccc1.Nc1ccc(Cl)cc1-c1ccccc1.OB(O)c1ccc(-c2ccccc2)cc1. The van der Waals surface area contributed by atoms with Gasteiger partial charge in [0.2, 0.25) is 0 Å². The Hall–Kier alpha value is -6.37. The lowest BCUT2D eigenvalue weighted by Crippen LogP contribution is -2.29. The first-order valence-corrected chi connectivity index (χ1v) is 18.0. The summed E-state index contributed by atoms with van der Waals surface area (Å²) in [6, 6.07) is 68.2. The molecule has 0 saturated heterocycles. The van der Waals surface area contributed by atoms with Crippen LogP contribution in [0.25, 0.3) is 55.6 Å². The minimum Gasteiger partial charge on any atom is -0.423 e. The van der Waals surface area contributed by atoms with E-state index in [0.717, 1.165) is 44.8 Å². The van der Waals surface area contributed by atoms with Crippen LogP contribution in [0.3, 0.4) is 0 Å². The Morgan fingerprint density at radius 1 is 0.333 bits per heavy atom. The first kappa shape index (κ1) is 37.4. The molecule has 54 heavy (non-hydrogen) atoms. The van der Waals surface area contributed by atoms with E-state index in [1.807, 2.05) is 115 Å². The van der Waals surface area contributed by atoms with Crippen molar-refractivity contribution in [3.63, 3.8) is 0 Å². The minimum absolute atomic E-state index is 0.509. The third-order valence-electron chi connectivity index (χ3n) is 8.88. The van der Waals surface area contributed by atoms with Crippen molar-refractivity contribution < 1.29 is 10.0 Å². The third kappa shape index (κ3) is 9.94. The van der Waals surface area contributed by atoms with E-state index in [4.69, 9.17) is 33.1 Å². The van der Waals surface area contributed by atoms with E-state index < -0.39 is 7.12 Å². The van der Waals surface area contributed by atoms with Gasteiger partial charge < -0.3 is 21.5 Å². The Morgan fingerprint density at radius 3 is 1.07 bits per heavy atom. The summed E-state index contributed by atoms with van der Waals surface area (Å²) >= 11 is 5.91. The van der Waals surface area contributed by atoms with Gasteiger partial charge in [-0.2, -0.15) is 0 Å². The van der Waals surface area contributed by atoms with Gasteiger partial charge in [-0.3, -0.25) is 0 Å². The van der Waals surface area contributed by atoms with Crippen LogP contribution < -0.4 is 16.9 Å². The summed E-state index contributed by atoms with van der Waals surface area (Å²) in [5, 5.41) is 18.6. The Balaban J connectivity index is 0.000000148. The summed E-state index contributed by atoms with van der Waals surface area (Å²) in [7, 11) is -1.39. The second-order valence-electron chi connectivity index (χ2n) is 12.6. The van der Waals surface area contributed by atoms with Gasteiger partial charge >= 0.3 is 7.12 Å². The second kappa shape index (κ2) is 18.4. The molecule has 8 rings (SSSR count). The third-order valence-corrected chi connectivity index (χ3v) is 9.11. The molecule has 0 spiro atoms. The highest BCUT2D eigenvalue weighted by molar-refractivity contribution is 6.58. The van der Waals surface area contributed by atoms with Crippen molar-refractivity contribution in [1.29, 1.82) is 0 Å². The van der Waals surface area contributed by atoms with Crippen molar-refractivity contribution in [1.82, 2.24) is 0 Å². The molecule has 0 fully saturated rings. The normalized spacial score (nSPS) is 10.3. The Labute approximate surface area is 322 Å². The van der Waals surface area contributed by atoms with Crippen molar-refractivity contribution in [2.24, 2.45) is 0 Å². The van der Waals surface area contributed by atoms with Crippen LogP contribution in [0.1, 0.15) is 0 Å². The molecule has 0 atom stereocenters. The van der Waals surface area contributed by atoms with E-state index in [9.17, 15) is 0 Å². The maximum absolute atomic E-state index is 8.94. The number of benzene rings is 8. The van der Waals surface area contributed by atoms with Gasteiger partial charge in [0.05, 0.1) is 0 Å². The number of hydrogen-bond acceptors (Lipinski definition) is 4. The van der Waals surface area contributed by atoms with E-state index in [-0.39, 0.29) is 0 Å². The number of hydrogen-bond donors (Lipinski definition) is 4. The van der Waals surface area contributed by atoms with Crippen LogP contribution in [0, 0.1) is 0 Å². The first-order valence-electron chi connectivity index (χ1n) is 17.6. The zero-order valence-corrected chi connectivity index (χ0v) is 30.4. The topological polar surface area (TPSA) is 92.5 Å². The smallest absolute Gasteiger partial charge is 0.423 e. The molecule has 8 aromatic rings. The molecule has 0 saturated carbocycles. The van der Waals surface area contributed by atoms with Gasteiger partial charge in [-0.15, -0.1) is 0 Å². The summed E-state index contributed by atoms with van der Waals surface area (Å²) < 4.78 is 0. The molecule has 0 radical (unpaired) electrons. The van der Waals surface area contributed by atoms with Crippen molar-refractivity contribution in [2.75, 3.05) is 11.5 Å². The van der Waals surface area contributed by atoms with Crippen LogP contribution in [-0.2, 0) is 0 Å². The molecule has 8 aromatic carbocycles. The fourth-order valence-electron chi connectivity index (χ4n) is 5.96. The molecule has 0 heterocycles. The van der Waals surface area contributed by atoms with E-state index >= 15 is 0 Å². The van der Waals surface area contributed by atoms with Crippen LogP contribution in [0.15, 0.2) is 206 Å². The molecule has 4 nitrogen and oxygen atoms in total. The molecular formula is C48H40BClN2O2. The van der Waals surface area contributed by atoms with Gasteiger partial charge in [0, 0.05) is 27.5 Å². The van der Waals surface area contributed by atoms with Crippen LogP contribution >= 0.6 is 11.6 Å². The van der Waals surface area contributed by atoms with Gasteiger partial charge in [-0.05, 0) is 80.3 Å². The highest BCUT2D eigenvalue weighted by Crippen LogP contribution is 2.32. The van der Waals surface area contributed by atoms with Crippen LogP contribution in [0.4, 0.5) is 11.4 Å². The van der Waals surface area contributed by atoms with E-state index in [1.165, 1.54) is 22.3 Å². The van der Waals surface area contributed by atoms with Gasteiger partial charge in [0.1, 0.15) is 0 Å². The molecule has 0 unspecified atom stereocenters. The number of rotatable bonds is 6. The average molecular weight is 723 g/mol. The largest absolute Gasteiger partial charge is 0.488 e. The molecule has 6 N–H and O–H groups in total. The summed E-state index contributed by atoms with van der Waals surface area (Å²) in [6.45, 7) is 0. The number of nitrogens with two attached hydrogens (primary N) is 2. The fourth-order valence-corrected chi connectivity index (χ4v) is 6.14. The zero-order chi connectivity index (χ0) is 37.7. The second-order valence-corrected chi connectivity index (χ2v) is 13.0. The minimum atomic E-state index is -1.39. The summed E-state index contributed by atoms with van der Waals surface area (Å²) in [6.07, 6.45) is 0. The van der Waals surface area contributed by atoms with Crippen molar-refractivity contribution in [2.45, 2.75) is 0 Å². The fraction of sp³-hybridized carbons (Fsp3) is 0. The lowest BCUT2D eigenvalue weighted by Gasteiger charge is -2.10. The van der Waals surface area contributed by atoms with Crippen LogP contribution in [-0.4, -0.2) is 17.2 Å². The Bertz CT molecular complexity index is 2360. The highest BCUT2D eigenvalue weighted by atomic mass is 35.5. The monoisotopic (exact) mass is 722 g/mol. The number of halogens is 1. The molecule has 0 amide bonds. The van der Waals surface area contributed by atoms with E-state index in [1.54, 1.807) is 18.2 Å². The van der Waals surface area contributed by atoms with Crippen LogP contribution in [0.5, 0.6) is 0 Å².